The van der Waals surface area contributed by atoms with E-state index >= 15 is 0 Å². The van der Waals surface area contributed by atoms with Crippen molar-refractivity contribution >= 4 is 29.7 Å². The molecule has 0 amide bonds. The van der Waals surface area contributed by atoms with Crippen molar-refractivity contribution in [3.63, 3.8) is 0 Å². The molecule has 6 heteroatoms. The van der Waals surface area contributed by atoms with Crippen LogP contribution in [0.15, 0.2) is 28.7 Å². The lowest BCUT2D eigenvalue weighted by Crippen LogP contribution is -2.33. The number of aldehydes is 1. The van der Waals surface area contributed by atoms with Crippen molar-refractivity contribution in [3.8, 4) is 0 Å². The largest absolute Gasteiger partial charge is 0.509 e. The Hall–Kier alpha value is -1.72. The highest BCUT2D eigenvalue weighted by molar-refractivity contribution is 6.73. The monoisotopic (exact) mass is 213 g/mol. The van der Waals surface area contributed by atoms with E-state index in [-0.39, 0.29) is 11.3 Å². The molecule has 1 heterocycles. The number of fused-ring (bicyclic) bond motifs is 1. The molecule has 0 N–H and O–H groups in total. The quantitative estimate of drug-likeness (QED) is 0.565. The van der Waals surface area contributed by atoms with Crippen LogP contribution in [0.1, 0.15) is 10.6 Å². The second kappa shape index (κ2) is 3.15. The molecule has 2 aromatic rings. The van der Waals surface area contributed by atoms with Gasteiger partial charge in [0.05, 0.1) is 0 Å². The molecule has 2 rings (SSSR count). The molecule has 0 saturated heterocycles. The molecule has 15 heavy (non-hydrogen) atoms. The summed E-state index contributed by atoms with van der Waals surface area (Å²) in [6.45, 7) is -5.03. The van der Waals surface area contributed by atoms with E-state index in [1.807, 2.05) is 0 Å². The fraction of sp³-hybridized carbons (Fsp3) is 0. The maximum atomic E-state index is 12.4. The Balaban J connectivity index is 2.60. The first-order valence-electron chi connectivity index (χ1n) is 4.19. The number of carbonyl (C=O) groups is 1. The first-order chi connectivity index (χ1) is 7.00. The third kappa shape index (κ3) is 1.75. The lowest BCUT2D eigenvalue weighted by Gasteiger charge is -2.13. The second-order valence-corrected chi connectivity index (χ2v) is 3.14. The Morgan fingerprint density at radius 3 is 2.53 bits per heavy atom. The van der Waals surface area contributed by atoms with Crippen LogP contribution in [-0.4, -0.2) is 13.3 Å². The standard InChI is InChI=1S/C9H5BF3O2/c11-10(12,13)7-2-1-6-3-8(5-14)15-9(6)4-7/h1-5H/q-1. The summed E-state index contributed by atoms with van der Waals surface area (Å²) < 4.78 is 42.0. The zero-order valence-electron chi connectivity index (χ0n) is 7.41. The predicted molar refractivity (Wildman–Crippen MR) is 50.3 cm³/mol. The highest BCUT2D eigenvalue weighted by atomic mass is 19.4. The molecule has 0 atom stereocenters. The second-order valence-electron chi connectivity index (χ2n) is 3.14. The molecule has 2 nitrogen and oxygen atoms in total. The molecule has 78 valence electrons. The smallest absolute Gasteiger partial charge is 0.453 e. The maximum Gasteiger partial charge on any atom is 0.509 e. The van der Waals surface area contributed by atoms with E-state index in [2.05, 4.69) is 0 Å². The van der Waals surface area contributed by atoms with Gasteiger partial charge in [0.25, 0.3) is 0 Å². The number of hydrogen-bond donors (Lipinski definition) is 0. The van der Waals surface area contributed by atoms with Gasteiger partial charge < -0.3 is 17.4 Å². The molecule has 0 saturated carbocycles. The summed E-state index contributed by atoms with van der Waals surface area (Å²) in [5, 5.41) is 0.487. The van der Waals surface area contributed by atoms with Crippen molar-refractivity contribution in [2.24, 2.45) is 0 Å². The Morgan fingerprint density at radius 1 is 1.20 bits per heavy atom. The summed E-state index contributed by atoms with van der Waals surface area (Å²) in [4.78, 5) is 10.3. The van der Waals surface area contributed by atoms with E-state index in [4.69, 9.17) is 4.42 Å². The van der Waals surface area contributed by atoms with Crippen LogP contribution < -0.4 is 5.46 Å². The molecular formula is C9H5BF3O2-. The van der Waals surface area contributed by atoms with E-state index in [1.165, 1.54) is 12.1 Å². The molecule has 0 spiro atoms. The minimum absolute atomic E-state index is 0.0248. The Kier molecular flexibility index (Phi) is 2.06. The minimum Gasteiger partial charge on any atom is -0.453 e. The highest BCUT2D eigenvalue weighted by Crippen LogP contribution is 2.19. The van der Waals surface area contributed by atoms with Gasteiger partial charge in [-0.1, -0.05) is 12.1 Å². The SMILES string of the molecule is O=Cc1cc2ccc([B-](F)(F)F)cc2o1. The maximum absolute atomic E-state index is 12.4. The van der Waals surface area contributed by atoms with E-state index in [0.717, 1.165) is 12.1 Å². The third-order valence-electron chi connectivity index (χ3n) is 2.06. The number of hydrogen-bond acceptors (Lipinski definition) is 2. The normalized spacial score (nSPS) is 11.9. The van der Waals surface area contributed by atoms with Crippen LogP contribution in [0, 0.1) is 0 Å². The molecule has 0 unspecified atom stereocenters. The van der Waals surface area contributed by atoms with Gasteiger partial charge in [0.1, 0.15) is 5.58 Å². The molecule has 1 aromatic heterocycles. The average Bonchev–Trinajstić information content (AvgIpc) is 2.57. The van der Waals surface area contributed by atoms with Gasteiger partial charge in [-0.15, -0.1) is 5.46 Å². The highest BCUT2D eigenvalue weighted by Gasteiger charge is 2.25. The number of halogens is 3. The van der Waals surface area contributed by atoms with Crippen LogP contribution in [0.2, 0.25) is 0 Å². The van der Waals surface area contributed by atoms with Crippen molar-refractivity contribution in [3.05, 3.63) is 30.0 Å². The van der Waals surface area contributed by atoms with Gasteiger partial charge in [-0.05, 0) is 12.1 Å². The molecule has 0 aliphatic rings. The number of furan rings is 1. The zero-order chi connectivity index (χ0) is 11.1. The van der Waals surface area contributed by atoms with Crippen molar-refractivity contribution in [1.82, 2.24) is 0 Å². The summed E-state index contributed by atoms with van der Waals surface area (Å²) in [5.41, 5.74) is -0.650. The third-order valence-corrected chi connectivity index (χ3v) is 2.06. The summed E-state index contributed by atoms with van der Waals surface area (Å²) in [5.74, 6) is 0.0248. The van der Waals surface area contributed by atoms with Crippen molar-refractivity contribution < 1.29 is 22.2 Å². The first-order valence-corrected chi connectivity index (χ1v) is 4.19. The van der Waals surface area contributed by atoms with Crippen LogP contribution >= 0.6 is 0 Å². The van der Waals surface area contributed by atoms with Gasteiger partial charge in [0.15, 0.2) is 12.0 Å². The number of rotatable bonds is 2. The molecular weight excluding hydrogens is 208 g/mol. The lowest BCUT2D eigenvalue weighted by molar-refractivity contribution is 0.110. The Labute approximate surface area is 82.7 Å². The number of benzene rings is 1. The molecule has 0 radical (unpaired) electrons. The van der Waals surface area contributed by atoms with E-state index in [9.17, 15) is 17.7 Å². The zero-order valence-corrected chi connectivity index (χ0v) is 7.41. The molecule has 0 bridgehead atoms. The Morgan fingerprint density at radius 2 is 1.93 bits per heavy atom. The van der Waals surface area contributed by atoms with E-state index < -0.39 is 12.4 Å². The summed E-state index contributed by atoms with van der Waals surface area (Å²) in [6, 6.07) is 4.57. The fourth-order valence-corrected chi connectivity index (χ4v) is 1.33. The van der Waals surface area contributed by atoms with Crippen molar-refractivity contribution in [1.29, 1.82) is 0 Å². The first kappa shape index (κ1) is 9.83. The lowest BCUT2D eigenvalue weighted by atomic mass is 9.80. The van der Waals surface area contributed by atoms with Crippen LogP contribution in [-0.2, 0) is 0 Å². The van der Waals surface area contributed by atoms with Crippen molar-refractivity contribution in [2.75, 3.05) is 0 Å². The van der Waals surface area contributed by atoms with Gasteiger partial charge in [-0.3, -0.25) is 4.79 Å². The Bertz CT molecular complexity index is 516. The molecule has 1 aromatic carbocycles. The van der Waals surface area contributed by atoms with E-state index in [1.54, 1.807) is 0 Å². The summed E-state index contributed by atoms with van der Waals surface area (Å²) in [7, 11) is 0. The van der Waals surface area contributed by atoms with Gasteiger partial charge >= 0.3 is 6.98 Å². The van der Waals surface area contributed by atoms with Gasteiger partial charge in [0.2, 0.25) is 0 Å². The topological polar surface area (TPSA) is 30.2 Å². The van der Waals surface area contributed by atoms with E-state index in [0.29, 0.717) is 11.7 Å². The van der Waals surface area contributed by atoms with Crippen LogP contribution in [0.4, 0.5) is 12.9 Å². The molecule has 0 aliphatic heterocycles. The minimum atomic E-state index is -5.03. The molecule has 0 fully saturated rings. The summed E-state index contributed by atoms with van der Waals surface area (Å²) >= 11 is 0. The predicted octanol–water partition coefficient (Wildman–Crippen LogP) is 2.30. The van der Waals surface area contributed by atoms with Crippen LogP contribution in [0.3, 0.4) is 0 Å². The fourth-order valence-electron chi connectivity index (χ4n) is 1.33. The van der Waals surface area contributed by atoms with Crippen LogP contribution in [0.5, 0.6) is 0 Å². The van der Waals surface area contributed by atoms with Gasteiger partial charge in [0, 0.05) is 5.39 Å². The van der Waals surface area contributed by atoms with Gasteiger partial charge in [-0.25, -0.2) is 0 Å². The summed E-state index contributed by atoms with van der Waals surface area (Å²) in [6.07, 6.45) is 0.457. The van der Waals surface area contributed by atoms with Crippen molar-refractivity contribution in [2.45, 2.75) is 0 Å². The number of carbonyl (C=O) groups excluding carboxylic acids is 1. The average molecular weight is 213 g/mol. The van der Waals surface area contributed by atoms with Gasteiger partial charge in [-0.2, -0.15) is 0 Å². The molecule has 0 aliphatic carbocycles. The van der Waals surface area contributed by atoms with Crippen LogP contribution in [0.25, 0.3) is 11.0 Å².